The van der Waals surface area contributed by atoms with Crippen LogP contribution in [0.1, 0.15) is 36.5 Å². The van der Waals surface area contributed by atoms with E-state index in [4.69, 9.17) is 0 Å². The second-order valence-corrected chi connectivity index (χ2v) is 7.51. The number of sulfone groups is 1. The molecule has 1 aliphatic heterocycles. The van der Waals surface area contributed by atoms with Crippen molar-refractivity contribution in [3.8, 4) is 0 Å². The fourth-order valence-electron chi connectivity index (χ4n) is 2.47. The van der Waals surface area contributed by atoms with Crippen LogP contribution >= 0.6 is 0 Å². The van der Waals surface area contributed by atoms with E-state index in [0.717, 1.165) is 18.9 Å². The molecular formula is C14H19FN2O3S. The number of amides is 1. The minimum Gasteiger partial charge on any atom is -0.335 e. The first kappa shape index (κ1) is 15.9. The number of unbranched alkanes of at least 4 members (excludes halogenated alkanes) is 1. The zero-order valence-electron chi connectivity index (χ0n) is 12.0. The lowest BCUT2D eigenvalue weighted by molar-refractivity contribution is 0.0693. The zero-order chi connectivity index (χ0) is 15.5. The van der Waals surface area contributed by atoms with Crippen molar-refractivity contribution in [3.63, 3.8) is 0 Å². The van der Waals surface area contributed by atoms with Crippen LogP contribution < -0.4 is 0 Å². The van der Waals surface area contributed by atoms with Crippen molar-refractivity contribution >= 4 is 15.7 Å². The number of halogens is 1. The first-order valence-electron chi connectivity index (χ1n) is 7.06. The van der Waals surface area contributed by atoms with Crippen molar-refractivity contribution in [1.82, 2.24) is 9.88 Å². The van der Waals surface area contributed by atoms with E-state index >= 15 is 0 Å². The standard InChI is InChI=1S/C14H19FN2O3S/c1-2-3-7-17(12-6-8-21(19,20)10-12)14(18)11-4-5-13(15)16-9-11/h4-5,9,12H,2-3,6-8,10H2,1H3. The predicted molar refractivity (Wildman–Crippen MR) is 77.2 cm³/mol. The highest BCUT2D eigenvalue weighted by Crippen LogP contribution is 2.20. The molecule has 0 N–H and O–H groups in total. The number of aromatic nitrogens is 1. The van der Waals surface area contributed by atoms with Crippen LogP contribution in [0.25, 0.3) is 0 Å². The molecule has 1 aromatic heterocycles. The van der Waals surface area contributed by atoms with Crippen LogP contribution in [-0.2, 0) is 9.84 Å². The number of hydrogen-bond acceptors (Lipinski definition) is 4. The summed E-state index contributed by atoms with van der Waals surface area (Å²) in [5.41, 5.74) is 0.289. The molecule has 0 aromatic carbocycles. The Morgan fingerprint density at radius 3 is 2.76 bits per heavy atom. The maximum Gasteiger partial charge on any atom is 0.255 e. The second-order valence-electron chi connectivity index (χ2n) is 5.28. The Morgan fingerprint density at radius 1 is 1.48 bits per heavy atom. The molecule has 1 unspecified atom stereocenters. The van der Waals surface area contributed by atoms with Crippen LogP contribution in [0, 0.1) is 5.95 Å². The van der Waals surface area contributed by atoms with Crippen LogP contribution in [-0.4, -0.2) is 48.3 Å². The lowest BCUT2D eigenvalue weighted by Crippen LogP contribution is -2.41. The number of rotatable bonds is 5. The third-order valence-corrected chi connectivity index (χ3v) is 5.39. The van der Waals surface area contributed by atoms with Gasteiger partial charge in [0, 0.05) is 18.8 Å². The minimum absolute atomic E-state index is 0.0110. The SMILES string of the molecule is CCCCN(C(=O)c1ccc(F)nc1)C1CCS(=O)(=O)C1. The van der Waals surface area contributed by atoms with Crippen LogP contribution in [0.3, 0.4) is 0 Å². The van der Waals surface area contributed by atoms with Gasteiger partial charge in [0.25, 0.3) is 5.91 Å². The summed E-state index contributed by atoms with van der Waals surface area (Å²) < 4.78 is 36.1. The highest BCUT2D eigenvalue weighted by Gasteiger charge is 2.34. The minimum atomic E-state index is -3.06. The summed E-state index contributed by atoms with van der Waals surface area (Å²) in [4.78, 5) is 17.6. The van der Waals surface area contributed by atoms with Crippen molar-refractivity contribution < 1.29 is 17.6 Å². The Kier molecular flexibility index (Phi) is 4.92. The van der Waals surface area contributed by atoms with E-state index in [1.54, 1.807) is 4.90 Å². The Bertz CT molecular complexity index is 601. The van der Waals surface area contributed by atoms with Gasteiger partial charge in [0.1, 0.15) is 0 Å². The van der Waals surface area contributed by atoms with E-state index in [2.05, 4.69) is 4.98 Å². The molecule has 0 radical (unpaired) electrons. The lowest BCUT2D eigenvalue weighted by atomic mass is 10.1. The molecule has 116 valence electrons. The molecule has 7 heteroatoms. The van der Waals surface area contributed by atoms with Crippen LogP contribution in [0.4, 0.5) is 4.39 Å². The summed E-state index contributed by atoms with van der Waals surface area (Å²) in [5.74, 6) is -0.792. The van der Waals surface area contributed by atoms with Gasteiger partial charge in [0.15, 0.2) is 9.84 Å². The van der Waals surface area contributed by atoms with Crippen LogP contribution in [0.2, 0.25) is 0 Å². The van der Waals surface area contributed by atoms with Gasteiger partial charge in [-0.05, 0) is 25.0 Å². The smallest absolute Gasteiger partial charge is 0.255 e. The Morgan fingerprint density at radius 2 is 2.24 bits per heavy atom. The monoisotopic (exact) mass is 314 g/mol. The van der Waals surface area contributed by atoms with E-state index < -0.39 is 15.8 Å². The molecule has 1 aliphatic rings. The van der Waals surface area contributed by atoms with E-state index in [-0.39, 0.29) is 29.0 Å². The average Bonchev–Trinajstić information content (AvgIpc) is 2.80. The Hall–Kier alpha value is -1.50. The summed E-state index contributed by atoms with van der Waals surface area (Å²) in [5, 5.41) is 0. The van der Waals surface area contributed by atoms with E-state index in [1.807, 2.05) is 6.92 Å². The molecule has 2 heterocycles. The first-order valence-corrected chi connectivity index (χ1v) is 8.88. The molecule has 0 saturated carbocycles. The molecule has 1 aromatic rings. The summed E-state index contributed by atoms with van der Waals surface area (Å²) in [6.07, 6.45) is 3.37. The molecule has 1 amide bonds. The normalized spacial score (nSPS) is 20.4. The van der Waals surface area contributed by atoms with Crippen molar-refractivity contribution in [2.45, 2.75) is 32.2 Å². The molecule has 5 nitrogen and oxygen atoms in total. The largest absolute Gasteiger partial charge is 0.335 e. The molecule has 0 spiro atoms. The highest BCUT2D eigenvalue weighted by molar-refractivity contribution is 7.91. The summed E-state index contributed by atoms with van der Waals surface area (Å²) >= 11 is 0. The Labute approximate surface area is 124 Å². The van der Waals surface area contributed by atoms with Crippen molar-refractivity contribution in [3.05, 3.63) is 29.8 Å². The van der Waals surface area contributed by atoms with Gasteiger partial charge in [0.2, 0.25) is 5.95 Å². The quantitative estimate of drug-likeness (QED) is 0.775. The lowest BCUT2D eigenvalue weighted by Gasteiger charge is -2.28. The fraction of sp³-hybridized carbons (Fsp3) is 0.571. The predicted octanol–water partition coefficient (Wildman–Crippen LogP) is 1.65. The maximum atomic E-state index is 12.8. The average molecular weight is 314 g/mol. The second kappa shape index (κ2) is 6.51. The Balaban J connectivity index is 2.19. The molecule has 1 fully saturated rings. The van der Waals surface area contributed by atoms with E-state index in [9.17, 15) is 17.6 Å². The van der Waals surface area contributed by atoms with E-state index in [1.165, 1.54) is 12.3 Å². The number of hydrogen-bond donors (Lipinski definition) is 0. The number of pyridine rings is 1. The van der Waals surface area contributed by atoms with Gasteiger partial charge in [-0.1, -0.05) is 13.3 Å². The van der Waals surface area contributed by atoms with Crippen molar-refractivity contribution in [1.29, 1.82) is 0 Å². The zero-order valence-corrected chi connectivity index (χ0v) is 12.8. The van der Waals surface area contributed by atoms with Gasteiger partial charge in [-0.15, -0.1) is 0 Å². The molecule has 2 rings (SSSR count). The van der Waals surface area contributed by atoms with Gasteiger partial charge in [-0.3, -0.25) is 4.79 Å². The van der Waals surface area contributed by atoms with Gasteiger partial charge < -0.3 is 4.90 Å². The summed E-state index contributed by atoms with van der Waals surface area (Å²) in [6, 6.07) is 2.23. The highest BCUT2D eigenvalue weighted by atomic mass is 32.2. The topological polar surface area (TPSA) is 67.3 Å². The molecule has 0 bridgehead atoms. The van der Waals surface area contributed by atoms with Gasteiger partial charge in [0.05, 0.1) is 17.1 Å². The molecule has 1 atom stereocenters. The summed E-state index contributed by atoms with van der Waals surface area (Å²) in [7, 11) is -3.06. The van der Waals surface area contributed by atoms with Gasteiger partial charge in [-0.25, -0.2) is 13.4 Å². The molecule has 0 aliphatic carbocycles. The van der Waals surface area contributed by atoms with Gasteiger partial charge >= 0.3 is 0 Å². The number of nitrogens with zero attached hydrogens (tertiary/aromatic N) is 2. The third kappa shape index (κ3) is 4.00. The van der Waals surface area contributed by atoms with Crippen molar-refractivity contribution in [2.75, 3.05) is 18.1 Å². The molecule has 1 saturated heterocycles. The van der Waals surface area contributed by atoms with Crippen molar-refractivity contribution in [2.24, 2.45) is 0 Å². The van der Waals surface area contributed by atoms with Gasteiger partial charge in [-0.2, -0.15) is 4.39 Å². The first-order chi connectivity index (χ1) is 9.93. The van der Waals surface area contributed by atoms with E-state index in [0.29, 0.717) is 13.0 Å². The summed E-state index contributed by atoms with van der Waals surface area (Å²) in [6.45, 7) is 2.51. The molecule has 21 heavy (non-hydrogen) atoms. The number of carbonyl (C=O) groups is 1. The van der Waals surface area contributed by atoms with Crippen LogP contribution in [0.15, 0.2) is 18.3 Å². The fourth-order valence-corrected chi connectivity index (χ4v) is 4.20. The maximum absolute atomic E-state index is 12.8. The third-order valence-electron chi connectivity index (χ3n) is 3.64. The number of carbonyl (C=O) groups excluding carboxylic acids is 1. The van der Waals surface area contributed by atoms with Crippen LogP contribution in [0.5, 0.6) is 0 Å². The molecular weight excluding hydrogens is 295 g/mol.